The number of hydrogen-bond acceptors (Lipinski definition) is 1. The number of aldehydes is 1. The Labute approximate surface area is 205 Å². The summed E-state index contributed by atoms with van der Waals surface area (Å²) >= 11 is 0. The number of rotatable bonds is 14. The largest absolute Gasteiger partial charge is 0.303 e. The average molecular weight is 453 g/mol. The van der Waals surface area contributed by atoms with Crippen molar-refractivity contribution in [3.05, 3.63) is 35.4 Å². The standard InChI is InChI=1S/C32H52O/c1-3-5-7-8-9-10-27-11-13-28(14-12-27)15-16-29-17-19-30(20-18-29)31-21-24-32(26-33,25-22-31)23-6-4-2/h17-20,26-28,31H,3-16,21-25H2,1-2H3/t27-,28-,31?,32?. The first-order valence-corrected chi connectivity index (χ1v) is 14.7. The fraction of sp³-hybridized carbons (Fsp3) is 0.781. The fourth-order valence-corrected chi connectivity index (χ4v) is 6.65. The maximum atomic E-state index is 11.8. The van der Waals surface area contributed by atoms with Crippen molar-refractivity contribution in [1.82, 2.24) is 0 Å². The Balaban J connectivity index is 1.34. The van der Waals surface area contributed by atoms with Crippen LogP contribution in [0.1, 0.15) is 146 Å². The van der Waals surface area contributed by atoms with Crippen LogP contribution in [0.5, 0.6) is 0 Å². The molecule has 1 aromatic rings. The summed E-state index contributed by atoms with van der Waals surface area (Å²) in [6.07, 6.45) is 26.5. The summed E-state index contributed by atoms with van der Waals surface area (Å²) in [5.41, 5.74) is 3.02. The minimum absolute atomic E-state index is 0.0134. The van der Waals surface area contributed by atoms with E-state index in [1.165, 1.54) is 120 Å². The number of carbonyl (C=O) groups excluding carboxylic acids is 1. The van der Waals surface area contributed by atoms with E-state index in [1.54, 1.807) is 0 Å². The molecule has 1 nitrogen and oxygen atoms in total. The van der Waals surface area contributed by atoms with Crippen molar-refractivity contribution < 1.29 is 4.79 Å². The van der Waals surface area contributed by atoms with E-state index in [2.05, 4.69) is 38.1 Å². The van der Waals surface area contributed by atoms with Gasteiger partial charge in [0.25, 0.3) is 0 Å². The van der Waals surface area contributed by atoms with Gasteiger partial charge in [-0.05, 0) is 73.8 Å². The summed E-state index contributed by atoms with van der Waals surface area (Å²) in [7, 11) is 0. The van der Waals surface area contributed by atoms with Crippen molar-refractivity contribution >= 4 is 6.29 Å². The summed E-state index contributed by atoms with van der Waals surface area (Å²) < 4.78 is 0. The van der Waals surface area contributed by atoms with Crippen LogP contribution in [0.3, 0.4) is 0 Å². The molecule has 2 saturated carbocycles. The van der Waals surface area contributed by atoms with Gasteiger partial charge in [0.15, 0.2) is 0 Å². The first-order chi connectivity index (χ1) is 16.2. The minimum atomic E-state index is -0.0134. The normalized spacial score (nSPS) is 28.0. The SMILES string of the molecule is CCCCCCC[C@H]1CC[C@H](CCc2ccc(C3CCC(C=O)(CCCC)CC3)cc2)CC1. The van der Waals surface area contributed by atoms with Gasteiger partial charge >= 0.3 is 0 Å². The lowest BCUT2D eigenvalue weighted by atomic mass is 9.67. The van der Waals surface area contributed by atoms with Crippen LogP contribution in [0.2, 0.25) is 0 Å². The van der Waals surface area contributed by atoms with Crippen molar-refractivity contribution in [2.75, 3.05) is 0 Å². The number of unbranched alkanes of at least 4 members (excludes halogenated alkanes) is 5. The second-order valence-corrected chi connectivity index (χ2v) is 11.7. The highest BCUT2D eigenvalue weighted by Gasteiger charge is 2.34. The molecule has 0 radical (unpaired) electrons. The fourth-order valence-electron chi connectivity index (χ4n) is 6.65. The predicted molar refractivity (Wildman–Crippen MR) is 143 cm³/mol. The van der Waals surface area contributed by atoms with Crippen molar-refractivity contribution in [3.63, 3.8) is 0 Å². The van der Waals surface area contributed by atoms with Gasteiger partial charge < -0.3 is 4.79 Å². The molecule has 3 rings (SSSR count). The monoisotopic (exact) mass is 452 g/mol. The third-order valence-electron chi connectivity index (χ3n) is 9.23. The zero-order chi connectivity index (χ0) is 23.4. The summed E-state index contributed by atoms with van der Waals surface area (Å²) in [5.74, 6) is 2.64. The Bertz CT molecular complexity index is 644. The van der Waals surface area contributed by atoms with Gasteiger partial charge in [-0.1, -0.05) is 115 Å². The Kier molecular flexibility index (Phi) is 11.5. The molecule has 1 aromatic carbocycles. The van der Waals surface area contributed by atoms with Crippen molar-refractivity contribution in [2.24, 2.45) is 17.3 Å². The number of carbonyl (C=O) groups is 1. The Morgan fingerprint density at radius 1 is 0.758 bits per heavy atom. The van der Waals surface area contributed by atoms with Crippen LogP contribution < -0.4 is 0 Å². The lowest BCUT2D eigenvalue weighted by molar-refractivity contribution is -0.118. The lowest BCUT2D eigenvalue weighted by Gasteiger charge is -2.36. The van der Waals surface area contributed by atoms with Gasteiger partial charge in [0.1, 0.15) is 6.29 Å². The van der Waals surface area contributed by atoms with Crippen LogP contribution in [0.25, 0.3) is 0 Å². The van der Waals surface area contributed by atoms with Gasteiger partial charge in [0.05, 0.1) is 0 Å². The van der Waals surface area contributed by atoms with Crippen LogP contribution in [0.15, 0.2) is 24.3 Å². The molecule has 0 heterocycles. The minimum Gasteiger partial charge on any atom is -0.303 e. The first-order valence-electron chi connectivity index (χ1n) is 14.7. The maximum Gasteiger partial charge on any atom is 0.126 e. The highest BCUT2D eigenvalue weighted by Crippen LogP contribution is 2.44. The van der Waals surface area contributed by atoms with Crippen LogP contribution in [0, 0.1) is 17.3 Å². The van der Waals surface area contributed by atoms with Gasteiger partial charge in [-0.15, -0.1) is 0 Å². The second kappa shape index (κ2) is 14.3. The van der Waals surface area contributed by atoms with Crippen molar-refractivity contribution in [1.29, 1.82) is 0 Å². The average Bonchev–Trinajstić information content (AvgIpc) is 2.87. The Morgan fingerprint density at radius 2 is 1.36 bits per heavy atom. The lowest BCUT2D eigenvalue weighted by Crippen LogP contribution is -2.28. The molecule has 0 atom stereocenters. The molecule has 1 heteroatoms. The molecule has 0 saturated heterocycles. The van der Waals surface area contributed by atoms with Crippen molar-refractivity contribution in [3.8, 4) is 0 Å². The molecule has 0 aromatic heterocycles. The van der Waals surface area contributed by atoms with Gasteiger partial charge in [0, 0.05) is 5.41 Å². The highest BCUT2D eigenvalue weighted by atomic mass is 16.1. The van der Waals surface area contributed by atoms with Gasteiger partial charge in [0.2, 0.25) is 0 Å². The van der Waals surface area contributed by atoms with E-state index in [0.29, 0.717) is 5.92 Å². The molecule has 0 N–H and O–H groups in total. The Morgan fingerprint density at radius 3 is 1.97 bits per heavy atom. The van der Waals surface area contributed by atoms with Crippen LogP contribution in [0.4, 0.5) is 0 Å². The third-order valence-corrected chi connectivity index (χ3v) is 9.23. The van der Waals surface area contributed by atoms with Crippen LogP contribution >= 0.6 is 0 Å². The number of benzene rings is 1. The van der Waals surface area contributed by atoms with Gasteiger partial charge in [-0.25, -0.2) is 0 Å². The topological polar surface area (TPSA) is 17.1 Å². The molecule has 186 valence electrons. The number of aryl methyl sites for hydroxylation is 1. The molecule has 0 amide bonds. The zero-order valence-electron chi connectivity index (χ0n) is 22.0. The molecule has 33 heavy (non-hydrogen) atoms. The van der Waals surface area contributed by atoms with Crippen LogP contribution in [-0.2, 0) is 11.2 Å². The third kappa shape index (κ3) is 8.56. The molecular formula is C32H52O. The molecule has 2 fully saturated rings. The van der Waals surface area contributed by atoms with E-state index >= 15 is 0 Å². The van der Waals surface area contributed by atoms with E-state index in [9.17, 15) is 4.79 Å². The van der Waals surface area contributed by atoms with E-state index in [0.717, 1.165) is 31.1 Å². The molecule has 2 aliphatic rings. The molecule has 0 aliphatic heterocycles. The van der Waals surface area contributed by atoms with Gasteiger partial charge in [-0.2, -0.15) is 0 Å². The quantitative estimate of drug-likeness (QED) is 0.203. The zero-order valence-corrected chi connectivity index (χ0v) is 22.0. The van der Waals surface area contributed by atoms with Crippen molar-refractivity contribution in [2.45, 2.75) is 142 Å². The van der Waals surface area contributed by atoms with E-state index in [-0.39, 0.29) is 5.41 Å². The highest BCUT2D eigenvalue weighted by molar-refractivity contribution is 5.59. The van der Waals surface area contributed by atoms with E-state index in [1.807, 2.05) is 0 Å². The summed E-state index contributed by atoms with van der Waals surface area (Å²) in [6.45, 7) is 4.54. The molecule has 0 unspecified atom stereocenters. The predicted octanol–water partition coefficient (Wildman–Crippen LogP) is 9.82. The molecule has 0 bridgehead atoms. The first kappa shape index (κ1) is 26.5. The van der Waals surface area contributed by atoms with Gasteiger partial charge in [-0.3, -0.25) is 0 Å². The summed E-state index contributed by atoms with van der Waals surface area (Å²) in [4.78, 5) is 11.8. The Hall–Kier alpha value is -1.11. The van der Waals surface area contributed by atoms with E-state index < -0.39 is 0 Å². The summed E-state index contributed by atoms with van der Waals surface area (Å²) in [5, 5.41) is 0. The molecule has 0 spiro atoms. The summed E-state index contributed by atoms with van der Waals surface area (Å²) in [6, 6.07) is 9.59. The molecular weight excluding hydrogens is 400 g/mol. The maximum absolute atomic E-state index is 11.8. The van der Waals surface area contributed by atoms with Crippen LogP contribution in [-0.4, -0.2) is 6.29 Å². The smallest absolute Gasteiger partial charge is 0.126 e. The second-order valence-electron chi connectivity index (χ2n) is 11.7. The number of hydrogen-bond donors (Lipinski definition) is 0. The van der Waals surface area contributed by atoms with E-state index in [4.69, 9.17) is 0 Å². The molecule has 2 aliphatic carbocycles.